The van der Waals surface area contributed by atoms with Crippen LogP contribution in [0.2, 0.25) is 5.02 Å². The van der Waals surface area contributed by atoms with Crippen LogP contribution in [0.5, 0.6) is 0 Å². The fraction of sp³-hybridized carbons (Fsp3) is 0.227. The van der Waals surface area contributed by atoms with Gasteiger partial charge in [0.1, 0.15) is 11.4 Å². The van der Waals surface area contributed by atoms with Crippen molar-refractivity contribution >= 4 is 29.3 Å². The molecule has 1 heterocycles. The molecule has 0 unspecified atom stereocenters. The zero-order chi connectivity index (χ0) is 26.8. The first-order chi connectivity index (χ1) is 16.7. The molecule has 0 spiro atoms. The van der Waals surface area contributed by atoms with Gasteiger partial charge >= 0.3 is 18.3 Å². The number of nitrogens with zero attached hydrogens (tertiary/aromatic N) is 3. The van der Waals surface area contributed by atoms with Crippen LogP contribution in [-0.2, 0) is 23.7 Å². The minimum Gasteiger partial charge on any atom is -0.364 e. The Morgan fingerprint density at radius 2 is 1.67 bits per heavy atom. The lowest BCUT2D eigenvalue weighted by molar-refractivity contribution is -0.143. The first-order valence-electron chi connectivity index (χ1n) is 9.77. The van der Waals surface area contributed by atoms with Crippen LogP contribution in [0.25, 0.3) is 11.3 Å². The van der Waals surface area contributed by atoms with Crippen molar-refractivity contribution in [2.24, 2.45) is 0 Å². The highest BCUT2D eigenvalue weighted by molar-refractivity contribution is 7.98. The highest BCUT2D eigenvalue weighted by atomic mass is 35.5. The molecule has 5 nitrogen and oxygen atoms in total. The number of hydrogen-bond donors (Lipinski definition) is 0. The molecule has 0 saturated heterocycles. The zero-order valence-corrected chi connectivity index (χ0v) is 19.9. The van der Waals surface area contributed by atoms with E-state index in [0.29, 0.717) is 12.1 Å². The summed E-state index contributed by atoms with van der Waals surface area (Å²) in [7, 11) is 1.15. The second-order valence-corrected chi connectivity index (χ2v) is 8.50. The molecule has 0 N–H and O–H groups in total. The summed E-state index contributed by atoms with van der Waals surface area (Å²) in [6, 6.07) is 4.43. The number of rotatable bonds is 6. The van der Waals surface area contributed by atoms with Crippen LogP contribution in [0.15, 0.2) is 47.8 Å². The standard InChI is InChI=1S/C22H15ClF7N3O2S/c1-33(10-11-5-12(21(25,26)27)7-13(6-11)22(28,29)30)35-19(34)16-9-31-20(36-2)32-18(16)15-4-3-14(24)8-17(15)23/h3-9H,10H2,1-2H3. The number of aromatic nitrogens is 2. The number of hydroxylamine groups is 2. The van der Waals surface area contributed by atoms with Gasteiger partial charge in [-0.1, -0.05) is 23.4 Å². The van der Waals surface area contributed by atoms with Crippen LogP contribution in [0, 0.1) is 5.82 Å². The van der Waals surface area contributed by atoms with Crippen LogP contribution in [-0.4, -0.2) is 34.3 Å². The minimum absolute atomic E-state index is 0.00113. The van der Waals surface area contributed by atoms with Gasteiger partial charge in [-0.15, -0.1) is 5.06 Å². The summed E-state index contributed by atoms with van der Waals surface area (Å²) in [4.78, 5) is 26.2. The Labute approximate surface area is 209 Å². The molecule has 192 valence electrons. The second-order valence-electron chi connectivity index (χ2n) is 7.32. The lowest BCUT2D eigenvalue weighted by atomic mass is 10.0. The molecule has 0 amide bonds. The fourth-order valence-electron chi connectivity index (χ4n) is 3.09. The number of thioether (sulfide) groups is 1. The van der Waals surface area contributed by atoms with E-state index in [9.17, 15) is 35.5 Å². The first kappa shape index (κ1) is 27.7. The maximum absolute atomic E-state index is 13.5. The maximum atomic E-state index is 13.5. The van der Waals surface area contributed by atoms with Crippen molar-refractivity contribution < 1.29 is 40.4 Å². The largest absolute Gasteiger partial charge is 0.416 e. The fourth-order valence-corrected chi connectivity index (χ4v) is 3.69. The van der Waals surface area contributed by atoms with E-state index in [4.69, 9.17) is 16.4 Å². The molecule has 1 aromatic heterocycles. The summed E-state index contributed by atoms with van der Waals surface area (Å²) in [6.45, 7) is -0.602. The Morgan fingerprint density at radius 3 is 2.19 bits per heavy atom. The van der Waals surface area contributed by atoms with Crippen LogP contribution in [0.1, 0.15) is 27.0 Å². The summed E-state index contributed by atoms with van der Waals surface area (Å²) < 4.78 is 92.2. The molecule has 14 heteroatoms. The lowest BCUT2D eigenvalue weighted by Crippen LogP contribution is -2.24. The summed E-state index contributed by atoms with van der Waals surface area (Å²) in [5.41, 5.74) is -3.44. The van der Waals surface area contributed by atoms with Crippen molar-refractivity contribution in [2.45, 2.75) is 24.1 Å². The maximum Gasteiger partial charge on any atom is 0.416 e. The SMILES string of the molecule is CSc1ncc(C(=O)ON(C)Cc2cc(C(F)(F)F)cc(C(F)(F)F)c2)c(-c2ccc(F)cc2Cl)n1. The molecule has 0 saturated carbocycles. The van der Waals surface area contributed by atoms with E-state index in [1.54, 1.807) is 6.26 Å². The number of alkyl halides is 6. The van der Waals surface area contributed by atoms with Crippen molar-refractivity contribution in [3.63, 3.8) is 0 Å². The van der Waals surface area contributed by atoms with E-state index in [1.807, 2.05) is 0 Å². The average Bonchev–Trinajstić information content (AvgIpc) is 2.77. The summed E-state index contributed by atoms with van der Waals surface area (Å²) in [6.07, 6.45) is -7.26. The number of halogens is 8. The van der Waals surface area contributed by atoms with E-state index >= 15 is 0 Å². The smallest absolute Gasteiger partial charge is 0.364 e. The van der Waals surface area contributed by atoms with E-state index in [1.165, 1.54) is 6.07 Å². The molecule has 0 aliphatic rings. The summed E-state index contributed by atoms with van der Waals surface area (Å²) in [5, 5.41) is 0.946. The summed E-state index contributed by atoms with van der Waals surface area (Å²) in [5.74, 6) is -1.70. The molecule has 0 aliphatic heterocycles. The first-order valence-corrected chi connectivity index (χ1v) is 11.4. The zero-order valence-electron chi connectivity index (χ0n) is 18.3. The monoisotopic (exact) mass is 553 g/mol. The molecule has 0 bridgehead atoms. The molecule has 3 rings (SSSR count). The molecule has 0 fully saturated rings. The van der Waals surface area contributed by atoms with Gasteiger partial charge in [0.15, 0.2) is 5.16 Å². The second kappa shape index (κ2) is 10.6. The Balaban J connectivity index is 1.90. The van der Waals surface area contributed by atoms with Crippen molar-refractivity contribution in [1.29, 1.82) is 0 Å². The Kier molecular flexibility index (Phi) is 8.16. The third-order valence-electron chi connectivity index (χ3n) is 4.65. The third kappa shape index (κ3) is 6.65. The van der Waals surface area contributed by atoms with Gasteiger partial charge in [-0.25, -0.2) is 19.2 Å². The number of carbonyl (C=O) groups excluding carboxylic acids is 1. The van der Waals surface area contributed by atoms with E-state index in [2.05, 4.69) is 9.97 Å². The predicted molar refractivity (Wildman–Crippen MR) is 118 cm³/mol. The third-order valence-corrected chi connectivity index (χ3v) is 5.52. The minimum atomic E-state index is -5.02. The van der Waals surface area contributed by atoms with Crippen LogP contribution in [0.4, 0.5) is 30.7 Å². The summed E-state index contributed by atoms with van der Waals surface area (Å²) >= 11 is 7.24. The van der Waals surface area contributed by atoms with Crippen LogP contribution >= 0.6 is 23.4 Å². The van der Waals surface area contributed by atoms with Gasteiger partial charge in [0.05, 0.1) is 28.4 Å². The number of benzene rings is 2. The topological polar surface area (TPSA) is 55.3 Å². The van der Waals surface area contributed by atoms with Gasteiger partial charge in [0, 0.05) is 18.8 Å². The van der Waals surface area contributed by atoms with Crippen molar-refractivity contribution in [3.8, 4) is 11.3 Å². The Bertz CT molecular complexity index is 1250. The van der Waals surface area contributed by atoms with E-state index < -0.39 is 47.4 Å². The van der Waals surface area contributed by atoms with Crippen molar-refractivity contribution in [1.82, 2.24) is 15.0 Å². The quantitative estimate of drug-likeness (QED) is 0.143. The normalized spacial score (nSPS) is 12.2. The van der Waals surface area contributed by atoms with Gasteiger partial charge in [-0.3, -0.25) is 0 Å². The molecular weight excluding hydrogens is 539 g/mol. The van der Waals surface area contributed by atoms with E-state index in [0.717, 1.165) is 42.2 Å². The number of carbonyl (C=O) groups is 1. The Hall–Kier alpha value is -2.90. The molecule has 2 aromatic carbocycles. The van der Waals surface area contributed by atoms with Crippen LogP contribution < -0.4 is 0 Å². The van der Waals surface area contributed by atoms with Crippen LogP contribution in [0.3, 0.4) is 0 Å². The molecule has 3 aromatic rings. The molecule has 0 atom stereocenters. The highest BCUT2D eigenvalue weighted by Gasteiger charge is 2.37. The molecular formula is C22H15ClF7N3O2S. The van der Waals surface area contributed by atoms with E-state index in [-0.39, 0.29) is 33.1 Å². The van der Waals surface area contributed by atoms with Gasteiger partial charge in [0.2, 0.25) is 0 Å². The van der Waals surface area contributed by atoms with Crippen molar-refractivity contribution in [2.75, 3.05) is 13.3 Å². The molecule has 36 heavy (non-hydrogen) atoms. The van der Waals surface area contributed by atoms with Gasteiger partial charge in [-0.05, 0) is 48.2 Å². The predicted octanol–water partition coefficient (Wildman–Crippen LogP) is 6.90. The average molecular weight is 554 g/mol. The highest BCUT2D eigenvalue weighted by Crippen LogP contribution is 2.37. The van der Waals surface area contributed by atoms with Crippen molar-refractivity contribution in [3.05, 3.63) is 75.7 Å². The lowest BCUT2D eigenvalue weighted by Gasteiger charge is -2.19. The molecule has 0 aliphatic carbocycles. The van der Waals surface area contributed by atoms with Gasteiger partial charge in [0.25, 0.3) is 0 Å². The molecule has 0 radical (unpaired) electrons. The van der Waals surface area contributed by atoms with Gasteiger partial charge in [-0.2, -0.15) is 26.3 Å². The van der Waals surface area contributed by atoms with Gasteiger partial charge < -0.3 is 4.84 Å². The number of hydrogen-bond acceptors (Lipinski definition) is 6. The Morgan fingerprint density at radius 1 is 1.06 bits per heavy atom.